The molecule has 0 aliphatic rings. The van der Waals surface area contributed by atoms with Crippen molar-refractivity contribution in [3.05, 3.63) is 56.5 Å². The smallest absolute Gasteiger partial charge is 0.100 e. The van der Waals surface area contributed by atoms with Gasteiger partial charge in [0.2, 0.25) is 0 Å². The highest BCUT2D eigenvalue weighted by molar-refractivity contribution is 7.10. The number of nitriles is 1. The lowest BCUT2D eigenvalue weighted by atomic mass is 10.1. The zero-order valence-corrected chi connectivity index (χ0v) is 13.1. The summed E-state index contributed by atoms with van der Waals surface area (Å²) in [7, 11) is 0. The lowest BCUT2D eigenvalue weighted by Crippen LogP contribution is -1.96. The number of nitrogens with one attached hydrogen (secondary N) is 1. The monoisotopic (exact) mass is 311 g/mol. The Kier molecular flexibility index (Phi) is 4.00. The first-order chi connectivity index (χ1) is 10.2. The predicted molar refractivity (Wildman–Crippen MR) is 88.6 cm³/mol. The molecule has 0 spiro atoms. The van der Waals surface area contributed by atoms with Crippen LogP contribution >= 0.6 is 22.7 Å². The summed E-state index contributed by atoms with van der Waals surface area (Å²) >= 11 is 3.27. The third-order valence-electron chi connectivity index (χ3n) is 3.05. The quantitative estimate of drug-likeness (QED) is 0.762. The van der Waals surface area contributed by atoms with E-state index in [9.17, 15) is 0 Å². The van der Waals surface area contributed by atoms with Gasteiger partial charge in [-0.15, -0.1) is 22.7 Å². The summed E-state index contributed by atoms with van der Waals surface area (Å²) in [6.45, 7) is 2.75. The molecule has 0 fully saturated rings. The van der Waals surface area contributed by atoms with Crippen LogP contribution in [0.1, 0.15) is 15.4 Å². The number of benzene rings is 1. The Hall–Kier alpha value is -2.16. The number of thiophene rings is 1. The van der Waals surface area contributed by atoms with Crippen LogP contribution in [0, 0.1) is 18.3 Å². The number of rotatable bonds is 4. The highest BCUT2D eigenvalue weighted by Crippen LogP contribution is 2.23. The van der Waals surface area contributed by atoms with Crippen molar-refractivity contribution in [3.8, 4) is 17.3 Å². The van der Waals surface area contributed by atoms with Crippen LogP contribution in [0.25, 0.3) is 11.3 Å². The highest BCUT2D eigenvalue weighted by Gasteiger charge is 2.03. The summed E-state index contributed by atoms with van der Waals surface area (Å²) in [5.41, 5.74) is 3.96. The van der Waals surface area contributed by atoms with E-state index in [1.165, 1.54) is 0 Å². The second-order valence-electron chi connectivity index (χ2n) is 4.60. The highest BCUT2D eigenvalue weighted by atomic mass is 32.1. The summed E-state index contributed by atoms with van der Waals surface area (Å²) in [6.07, 6.45) is 0. The number of aryl methyl sites for hydroxylation is 1. The number of aromatic nitrogens is 1. The minimum Gasteiger partial charge on any atom is -0.380 e. The molecule has 0 saturated heterocycles. The third kappa shape index (κ3) is 3.30. The normalized spacial score (nSPS) is 10.3. The standard InChI is InChI=1S/C16H13N3S2/c1-11-19-16(10-20-11)13-2-4-14(5-3-13)18-8-15-6-12(7-17)9-21-15/h2-6,9-10,18H,8H2,1H3. The van der Waals surface area contributed by atoms with Gasteiger partial charge in [0.1, 0.15) is 6.07 Å². The molecular formula is C16H13N3S2. The van der Waals surface area contributed by atoms with Gasteiger partial charge in [0.05, 0.1) is 16.3 Å². The molecule has 0 radical (unpaired) electrons. The molecule has 0 saturated carbocycles. The van der Waals surface area contributed by atoms with Gasteiger partial charge < -0.3 is 5.32 Å². The second-order valence-corrected chi connectivity index (χ2v) is 6.65. The molecule has 3 rings (SSSR count). The van der Waals surface area contributed by atoms with Crippen LogP contribution in [0.2, 0.25) is 0 Å². The van der Waals surface area contributed by atoms with Crippen LogP contribution in [-0.2, 0) is 6.54 Å². The van der Waals surface area contributed by atoms with Gasteiger partial charge in [-0.05, 0) is 25.1 Å². The molecule has 0 unspecified atom stereocenters. The Balaban J connectivity index is 1.66. The lowest BCUT2D eigenvalue weighted by molar-refractivity contribution is 1.19. The first kappa shape index (κ1) is 13.8. The maximum absolute atomic E-state index is 8.81. The van der Waals surface area contributed by atoms with E-state index in [0.29, 0.717) is 0 Å². The Bertz CT molecular complexity index is 778. The average Bonchev–Trinajstić information content (AvgIpc) is 3.14. The van der Waals surface area contributed by atoms with E-state index in [1.807, 2.05) is 18.4 Å². The molecule has 104 valence electrons. The molecule has 0 atom stereocenters. The van der Waals surface area contributed by atoms with Gasteiger partial charge in [-0.1, -0.05) is 12.1 Å². The molecule has 1 N–H and O–H groups in total. The Morgan fingerprint density at radius 1 is 1.19 bits per heavy atom. The van der Waals surface area contributed by atoms with Gasteiger partial charge in [-0.2, -0.15) is 5.26 Å². The van der Waals surface area contributed by atoms with Crippen LogP contribution in [0.3, 0.4) is 0 Å². The Labute approximate surface area is 131 Å². The molecule has 0 amide bonds. The van der Waals surface area contributed by atoms with Crippen molar-refractivity contribution in [1.82, 2.24) is 4.98 Å². The van der Waals surface area contributed by atoms with Crippen molar-refractivity contribution in [2.45, 2.75) is 13.5 Å². The molecule has 5 heteroatoms. The lowest BCUT2D eigenvalue weighted by Gasteiger charge is -2.05. The van der Waals surface area contributed by atoms with Crippen molar-refractivity contribution in [1.29, 1.82) is 5.26 Å². The zero-order valence-electron chi connectivity index (χ0n) is 11.5. The molecule has 3 aromatic rings. The first-order valence-corrected chi connectivity index (χ1v) is 8.24. The summed E-state index contributed by atoms with van der Waals surface area (Å²) < 4.78 is 0. The van der Waals surface area contributed by atoms with Crippen molar-refractivity contribution >= 4 is 28.4 Å². The van der Waals surface area contributed by atoms with E-state index in [0.717, 1.165) is 38.9 Å². The minimum absolute atomic E-state index is 0.728. The van der Waals surface area contributed by atoms with E-state index < -0.39 is 0 Å². The van der Waals surface area contributed by atoms with Crippen LogP contribution in [-0.4, -0.2) is 4.98 Å². The summed E-state index contributed by atoms with van der Waals surface area (Å²) in [6, 6.07) is 12.3. The number of nitrogens with zero attached hydrogens (tertiary/aromatic N) is 2. The molecule has 2 heterocycles. The van der Waals surface area contributed by atoms with Gasteiger partial charge >= 0.3 is 0 Å². The van der Waals surface area contributed by atoms with Crippen LogP contribution in [0.15, 0.2) is 41.1 Å². The van der Waals surface area contributed by atoms with E-state index >= 15 is 0 Å². The number of thiazole rings is 1. The van der Waals surface area contributed by atoms with Gasteiger partial charge in [0, 0.05) is 33.4 Å². The van der Waals surface area contributed by atoms with Crippen molar-refractivity contribution in [2.24, 2.45) is 0 Å². The van der Waals surface area contributed by atoms with E-state index in [1.54, 1.807) is 22.7 Å². The fourth-order valence-electron chi connectivity index (χ4n) is 1.98. The van der Waals surface area contributed by atoms with Crippen molar-refractivity contribution < 1.29 is 0 Å². The van der Waals surface area contributed by atoms with Crippen LogP contribution < -0.4 is 5.32 Å². The zero-order chi connectivity index (χ0) is 14.7. The van der Waals surface area contributed by atoms with Crippen LogP contribution in [0.5, 0.6) is 0 Å². The SMILES string of the molecule is Cc1nc(-c2ccc(NCc3cc(C#N)cs3)cc2)cs1. The maximum atomic E-state index is 8.81. The maximum Gasteiger partial charge on any atom is 0.100 e. The summed E-state index contributed by atoms with van der Waals surface area (Å²) in [5, 5.41) is 17.2. The molecule has 2 aromatic heterocycles. The molecule has 0 aliphatic heterocycles. The average molecular weight is 311 g/mol. The first-order valence-electron chi connectivity index (χ1n) is 6.48. The molecular weight excluding hydrogens is 298 g/mol. The summed E-state index contributed by atoms with van der Waals surface area (Å²) in [5.74, 6) is 0. The fraction of sp³-hybridized carbons (Fsp3) is 0.125. The Morgan fingerprint density at radius 2 is 2.00 bits per heavy atom. The largest absolute Gasteiger partial charge is 0.380 e. The topological polar surface area (TPSA) is 48.7 Å². The number of hydrogen-bond donors (Lipinski definition) is 1. The van der Waals surface area contributed by atoms with Crippen molar-refractivity contribution in [3.63, 3.8) is 0 Å². The van der Waals surface area contributed by atoms with Gasteiger partial charge in [-0.3, -0.25) is 0 Å². The van der Waals surface area contributed by atoms with Crippen LogP contribution in [0.4, 0.5) is 5.69 Å². The minimum atomic E-state index is 0.728. The summed E-state index contributed by atoms with van der Waals surface area (Å²) in [4.78, 5) is 5.64. The molecule has 21 heavy (non-hydrogen) atoms. The van der Waals surface area contributed by atoms with E-state index in [4.69, 9.17) is 5.26 Å². The number of anilines is 1. The third-order valence-corrected chi connectivity index (χ3v) is 4.76. The molecule has 0 bridgehead atoms. The molecule has 3 nitrogen and oxygen atoms in total. The Morgan fingerprint density at radius 3 is 2.62 bits per heavy atom. The predicted octanol–water partition coefficient (Wildman–Crippen LogP) is 4.66. The van der Waals surface area contributed by atoms with Gasteiger partial charge in [0.25, 0.3) is 0 Å². The van der Waals surface area contributed by atoms with Crippen molar-refractivity contribution in [2.75, 3.05) is 5.32 Å². The second kappa shape index (κ2) is 6.08. The van der Waals surface area contributed by atoms with E-state index in [2.05, 4.69) is 46.0 Å². The molecule has 1 aromatic carbocycles. The number of hydrogen-bond acceptors (Lipinski definition) is 5. The van der Waals surface area contributed by atoms with Gasteiger partial charge in [-0.25, -0.2) is 4.98 Å². The van der Waals surface area contributed by atoms with Gasteiger partial charge in [0.15, 0.2) is 0 Å². The van der Waals surface area contributed by atoms with E-state index in [-0.39, 0.29) is 0 Å². The molecule has 0 aliphatic carbocycles. The fourth-order valence-corrected chi connectivity index (χ4v) is 3.35.